The van der Waals surface area contributed by atoms with Crippen LogP contribution < -0.4 is 5.73 Å². The molecule has 2 N–H and O–H groups in total. The van der Waals surface area contributed by atoms with E-state index < -0.39 is 41.3 Å². The predicted molar refractivity (Wildman–Crippen MR) is 135 cm³/mol. The molecule has 2 aromatic rings. The molecule has 0 saturated carbocycles. The molecular formula is C26H26N4O9S. The Balaban J connectivity index is 1.29. The Morgan fingerprint density at radius 1 is 1.20 bits per heavy atom. The van der Waals surface area contributed by atoms with Crippen molar-refractivity contribution in [3.8, 4) is 0 Å². The SMILES string of the molecule is CO[C@@]12[C@H](COC(N)=O)C3=C(C(=O)C(CSc4nc5ccccc5o4)C4(OCCO4)C3=O)N1C[C@H]1[C@@H]2N1C(C)=O. The number of oxazole rings is 1. The Kier molecular flexibility index (Phi) is 5.59. The number of carbonyl (C=O) groups excluding carboxylic acids is 4. The number of para-hydroxylation sites is 2. The zero-order valence-electron chi connectivity index (χ0n) is 21.7. The molecule has 14 heteroatoms. The van der Waals surface area contributed by atoms with Crippen LogP contribution in [0, 0.1) is 11.8 Å². The number of thioether (sulfide) groups is 1. The van der Waals surface area contributed by atoms with Gasteiger partial charge in [-0.2, -0.15) is 0 Å². The fraction of sp³-hybridized carbons (Fsp3) is 0.500. The number of hydrogen-bond acceptors (Lipinski definition) is 12. The van der Waals surface area contributed by atoms with E-state index in [1.165, 1.54) is 25.8 Å². The van der Waals surface area contributed by atoms with Crippen LogP contribution in [0.15, 0.2) is 45.2 Å². The quantitative estimate of drug-likeness (QED) is 0.382. The van der Waals surface area contributed by atoms with E-state index >= 15 is 0 Å². The van der Waals surface area contributed by atoms with E-state index in [1.807, 2.05) is 18.2 Å². The molecule has 1 aromatic carbocycles. The number of aromatic nitrogens is 1. The molecule has 1 spiro atoms. The van der Waals surface area contributed by atoms with Crippen LogP contribution in [0.3, 0.4) is 0 Å². The van der Waals surface area contributed by atoms with Crippen molar-refractivity contribution in [3.63, 3.8) is 0 Å². The molecular weight excluding hydrogens is 544 g/mol. The maximum atomic E-state index is 14.4. The second kappa shape index (κ2) is 8.77. The highest BCUT2D eigenvalue weighted by Crippen LogP contribution is 2.61. The predicted octanol–water partition coefficient (Wildman–Crippen LogP) is 0.668. The number of nitrogens with zero attached hydrogens (tertiary/aromatic N) is 3. The molecule has 4 aliphatic heterocycles. The molecule has 5 atom stereocenters. The molecule has 3 fully saturated rings. The van der Waals surface area contributed by atoms with E-state index in [1.54, 1.807) is 15.9 Å². The number of carbonyl (C=O) groups is 4. The third-order valence-electron chi connectivity index (χ3n) is 8.54. The lowest BCUT2D eigenvalue weighted by atomic mass is 9.76. The molecule has 0 bridgehead atoms. The van der Waals surface area contributed by atoms with Crippen molar-refractivity contribution < 1.29 is 42.5 Å². The first-order valence-corrected chi connectivity index (χ1v) is 13.9. The largest absolute Gasteiger partial charge is 0.449 e. The number of piperazine rings is 1. The Morgan fingerprint density at radius 3 is 2.62 bits per heavy atom. The maximum Gasteiger partial charge on any atom is 0.404 e. The lowest BCUT2D eigenvalue weighted by Gasteiger charge is -2.41. The molecule has 1 unspecified atom stereocenters. The maximum absolute atomic E-state index is 14.4. The third kappa shape index (κ3) is 3.24. The molecule has 5 heterocycles. The van der Waals surface area contributed by atoms with E-state index in [2.05, 4.69) is 4.98 Å². The number of amides is 2. The van der Waals surface area contributed by atoms with Crippen molar-refractivity contribution in [1.29, 1.82) is 0 Å². The molecule has 5 aliphatic rings. The second-order valence-electron chi connectivity index (χ2n) is 10.3. The number of rotatable bonds is 6. The fourth-order valence-corrected chi connectivity index (χ4v) is 8.00. The summed E-state index contributed by atoms with van der Waals surface area (Å²) in [5, 5.41) is 0.347. The summed E-state index contributed by atoms with van der Waals surface area (Å²) in [5.74, 6) is -4.75. The molecule has 40 heavy (non-hydrogen) atoms. The van der Waals surface area contributed by atoms with E-state index in [0.29, 0.717) is 16.3 Å². The van der Waals surface area contributed by atoms with Gasteiger partial charge < -0.3 is 38.9 Å². The number of methoxy groups -OCH3 is 1. The molecule has 3 saturated heterocycles. The summed E-state index contributed by atoms with van der Waals surface area (Å²) in [4.78, 5) is 60.7. The van der Waals surface area contributed by atoms with Gasteiger partial charge in [0.2, 0.25) is 17.5 Å². The highest BCUT2D eigenvalue weighted by molar-refractivity contribution is 7.99. The normalized spacial score (nSPS) is 31.6. The average Bonchev–Trinajstić information content (AvgIpc) is 3.32. The fourth-order valence-electron chi connectivity index (χ4n) is 7.01. The van der Waals surface area contributed by atoms with Gasteiger partial charge in [-0.15, -0.1) is 0 Å². The molecule has 1 aromatic heterocycles. The van der Waals surface area contributed by atoms with Gasteiger partial charge in [0, 0.05) is 31.9 Å². The summed E-state index contributed by atoms with van der Waals surface area (Å²) in [7, 11) is 1.45. The van der Waals surface area contributed by atoms with E-state index in [4.69, 9.17) is 29.1 Å². The van der Waals surface area contributed by atoms with Gasteiger partial charge in [-0.25, -0.2) is 9.78 Å². The Labute approximate surface area is 231 Å². The summed E-state index contributed by atoms with van der Waals surface area (Å²) in [6, 6.07) is 6.64. The van der Waals surface area contributed by atoms with Gasteiger partial charge in [-0.3, -0.25) is 14.4 Å². The van der Waals surface area contributed by atoms with E-state index in [-0.39, 0.29) is 61.1 Å². The summed E-state index contributed by atoms with van der Waals surface area (Å²) >= 11 is 1.19. The van der Waals surface area contributed by atoms with Gasteiger partial charge in [0.1, 0.15) is 18.2 Å². The average molecular weight is 571 g/mol. The zero-order chi connectivity index (χ0) is 28.0. The van der Waals surface area contributed by atoms with Gasteiger partial charge in [-0.05, 0) is 12.1 Å². The molecule has 1 aliphatic carbocycles. The van der Waals surface area contributed by atoms with Crippen molar-refractivity contribution in [2.45, 2.75) is 35.7 Å². The van der Waals surface area contributed by atoms with Crippen molar-refractivity contribution in [2.75, 3.05) is 39.2 Å². The van der Waals surface area contributed by atoms with Crippen LogP contribution in [0.25, 0.3) is 11.1 Å². The van der Waals surface area contributed by atoms with Crippen molar-refractivity contribution in [2.24, 2.45) is 17.6 Å². The van der Waals surface area contributed by atoms with E-state index in [0.717, 1.165) is 0 Å². The number of ether oxygens (including phenoxy) is 4. The first-order chi connectivity index (χ1) is 19.2. The minimum Gasteiger partial charge on any atom is -0.449 e. The monoisotopic (exact) mass is 570 g/mol. The second-order valence-corrected chi connectivity index (χ2v) is 11.3. The molecule has 210 valence electrons. The van der Waals surface area contributed by atoms with Crippen LogP contribution in [-0.4, -0.2) is 101 Å². The summed E-state index contributed by atoms with van der Waals surface area (Å²) in [6.45, 7) is 1.65. The molecule has 7 rings (SSSR count). The number of primary amides is 1. The lowest BCUT2D eigenvalue weighted by molar-refractivity contribution is -0.197. The van der Waals surface area contributed by atoms with Crippen LogP contribution in [0.5, 0.6) is 0 Å². The summed E-state index contributed by atoms with van der Waals surface area (Å²) < 4.78 is 29.0. The molecule has 0 radical (unpaired) electrons. The smallest absolute Gasteiger partial charge is 0.404 e. The standard InChI is InChI=1S/C26H26N4O9S/c1-12(31)30-16-9-29-19-18(13(10-36-23(27)34)25(29,35-2)21(16)30)22(33)26(37-7-8-38-26)14(20(19)32)11-40-24-28-15-5-3-4-6-17(15)39-24/h3-6,13-14,16,21H,7-11H2,1-2H3,(H2,27,34)/t13-,14?,16+,21+,25-,30?/m1/s1. The number of fused-ring (bicyclic) bond motifs is 5. The number of nitrogens with two attached hydrogens (primary N) is 1. The Hall–Kier alpha value is -3.46. The van der Waals surface area contributed by atoms with Crippen LogP contribution in [0.2, 0.25) is 0 Å². The topological polar surface area (TPSA) is 164 Å². The zero-order valence-corrected chi connectivity index (χ0v) is 22.5. The van der Waals surface area contributed by atoms with Crippen LogP contribution in [0.1, 0.15) is 6.92 Å². The Bertz CT molecular complexity index is 1470. The van der Waals surface area contributed by atoms with Crippen LogP contribution in [-0.2, 0) is 33.3 Å². The summed E-state index contributed by atoms with van der Waals surface area (Å²) in [6.07, 6.45) is -1.04. The minimum absolute atomic E-state index is 0.0941. The van der Waals surface area contributed by atoms with Crippen molar-refractivity contribution >= 4 is 46.4 Å². The van der Waals surface area contributed by atoms with Crippen molar-refractivity contribution in [1.82, 2.24) is 14.8 Å². The van der Waals surface area contributed by atoms with Gasteiger partial charge in [-0.1, -0.05) is 23.9 Å². The highest BCUT2D eigenvalue weighted by atomic mass is 32.2. The highest BCUT2D eigenvalue weighted by Gasteiger charge is 2.79. The molecule has 2 amide bonds. The number of Topliss-reactive ketones (excluding diaryl/α,β-unsaturated/α-hetero) is 2. The van der Waals surface area contributed by atoms with Gasteiger partial charge >= 0.3 is 6.09 Å². The van der Waals surface area contributed by atoms with E-state index in [9.17, 15) is 19.2 Å². The van der Waals surface area contributed by atoms with Crippen molar-refractivity contribution in [3.05, 3.63) is 35.5 Å². The lowest BCUT2D eigenvalue weighted by Crippen LogP contribution is -2.56. The minimum atomic E-state index is -1.86. The number of hydrogen-bond donors (Lipinski definition) is 1. The molecule has 13 nitrogen and oxygen atoms in total. The first kappa shape index (κ1) is 25.5. The first-order valence-electron chi connectivity index (χ1n) is 12.9. The third-order valence-corrected chi connectivity index (χ3v) is 9.46. The number of ketones is 2. The van der Waals surface area contributed by atoms with Gasteiger partial charge in [0.15, 0.2) is 17.1 Å². The number of allylic oxidation sites excluding steroid dienone is 1. The Morgan fingerprint density at radius 2 is 1.95 bits per heavy atom. The number of benzene rings is 1. The van der Waals surface area contributed by atoms with Crippen LogP contribution >= 0.6 is 11.8 Å². The van der Waals surface area contributed by atoms with Gasteiger partial charge in [0.25, 0.3) is 5.22 Å². The van der Waals surface area contributed by atoms with Crippen LogP contribution in [0.4, 0.5) is 4.79 Å². The van der Waals surface area contributed by atoms with Gasteiger partial charge in [0.05, 0.1) is 36.8 Å². The summed E-state index contributed by atoms with van der Waals surface area (Å²) in [5.41, 5.74) is 5.54.